The molecule has 2 aromatic rings. The number of aromatic hydroxyl groups is 2. The van der Waals surface area contributed by atoms with Gasteiger partial charge in [-0.2, -0.15) is 0 Å². The first-order valence-electron chi connectivity index (χ1n) is 7.31. The summed E-state index contributed by atoms with van der Waals surface area (Å²) in [6.45, 7) is 4.61. The van der Waals surface area contributed by atoms with E-state index in [1.165, 1.54) is 13.1 Å². The van der Waals surface area contributed by atoms with E-state index >= 15 is 0 Å². The zero-order valence-electron chi connectivity index (χ0n) is 13.6. The van der Waals surface area contributed by atoms with E-state index in [1.807, 2.05) is 0 Å². The normalized spacial score (nSPS) is 13.5. The van der Waals surface area contributed by atoms with Crippen LogP contribution in [0, 0.1) is 17.5 Å². The van der Waals surface area contributed by atoms with Gasteiger partial charge in [0, 0.05) is 18.3 Å². The molecule has 0 aliphatic heterocycles. The number of pyridine rings is 1. The van der Waals surface area contributed by atoms with Crippen LogP contribution >= 0.6 is 0 Å². The predicted molar refractivity (Wildman–Crippen MR) is 89.7 cm³/mol. The van der Waals surface area contributed by atoms with Gasteiger partial charge in [-0.05, 0) is 49.1 Å². The first-order chi connectivity index (χ1) is 12.3. The van der Waals surface area contributed by atoms with Gasteiger partial charge < -0.3 is 15.3 Å². The minimum Gasteiger partial charge on any atom is -0.508 e. The number of aliphatic hydroxyl groups is 1. The van der Waals surface area contributed by atoms with Gasteiger partial charge in [0.05, 0.1) is 5.56 Å². The highest BCUT2D eigenvalue weighted by atomic mass is 19.2. The zero-order valence-corrected chi connectivity index (χ0v) is 13.6. The van der Waals surface area contributed by atoms with E-state index in [1.54, 1.807) is 0 Å². The van der Waals surface area contributed by atoms with Crippen LogP contribution in [0.4, 0.5) is 13.2 Å². The first kappa shape index (κ1) is 19.0. The van der Waals surface area contributed by atoms with Crippen LogP contribution in [0.15, 0.2) is 53.0 Å². The summed E-state index contributed by atoms with van der Waals surface area (Å²) >= 11 is 0. The Morgan fingerprint density at radius 1 is 1.23 bits per heavy atom. The van der Waals surface area contributed by atoms with Gasteiger partial charge in [-0.15, -0.1) is 0 Å². The van der Waals surface area contributed by atoms with Crippen molar-refractivity contribution in [1.29, 1.82) is 0 Å². The number of nitrogens with zero attached hydrogens (tertiary/aromatic N) is 2. The highest BCUT2D eigenvalue weighted by Crippen LogP contribution is 2.42. The maximum Gasteiger partial charge on any atom is 0.218 e. The van der Waals surface area contributed by atoms with Gasteiger partial charge in [0.2, 0.25) is 5.88 Å². The number of aromatic nitrogens is 1. The lowest BCUT2D eigenvalue weighted by Gasteiger charge is -2.21. The van der Waals surface area contributed by atoms with Crippen molar-refractivity contribution in [2.45, 2.75) is 12.8 Å². The van der Waals surface area contributed by atoms with E-state index < -0.39 is 35.0 Å². The van der Waals surface area contributed by atoms with Crippen molar-refractivity contribution in [1.82, 2.24) is 4.98 Å². The summed E-state index contributed by atoms with van der Waals surface area (Å²) in [6.07, 6.45) is 3.46. The molecule has 0 fully saturated rings. The van der Waals surface area contributed by atoms with Crippen LogP contribution in [0.2, 0.25) is 0 Å². The second-order valence-corrected chi connectivity index (χ2v) is 5.37. The third-order valence-corrected chi connectivity index (χ3v) is 3.75. The Bertz CT molecular complexity index is 867. The van der Waals surface area contributed by atoms with E-state index in [0.29, 0.717) is 12.1 Å². The molecule has 2 rings (SSSR count). The van der Waals surface area contributed by atoms with E-state index in [2.05, 4.69) is 16.7 Å². The standard InChI is InChI=1S/C18H15F3N2O3/c1-9(13(24)3-5-22-2)15(16-14(25)4-6-23-18(16)26)10-7-11(19)17(21)12(20)8-10/h3-8,15,24H,2H2,1H3,(H2,23,25,26)/b5-3-,13-9-. The fraction of sp³-hybridized carbons (Fsp3) is 0.111. The highest BCUT2D eigenvalue weighted by molar-refractivity contribution is 5.52. The highest BCUT2D eigenvalue weighted by Gasteiger charge is 2.28. The SMILES string of the molecule is C=N/C=C\C(O)=C(/C)C(c1cc(F)c(F)c(F)c1)c1c(O)ccnc1O. The first-order valence-corrected chi connectivity index (χ1v) is 7.31. The van der Waals surface area contributed by atoms with Gasteiger partial charge in [-0.1, -0.05) is 0 Å². The monoisotopic (exact) mass is 364 g/mol. The van der Waals surface area contributed by atoms with Crippen molar-refractivity contribution < 1.29 is 28.5 Å². The van der Waals surface area contributed by atoms with Crippen molar-refractivity contribution >= 4 is 6.72 Å². The molecule has 1 aromatic carbocycles. The number of halogens is 3. The average molecular weight is 364 g/mol. The van der Waals surface area contributed by atoms with Crippen LogP contribution in [0.1, 0.15) is 24.0 Å². The van der Waals surface area contributed by atoms with E-state index in [-0.39, 0.29) is 22.5 Å². The number of benzene rings is 1. The molecule has 0 aliphatic rings. The zero-order chi connectivity index (χ0) is 19.4. The molecule has 0 bridgehead atoms. The number of hydrogen-bond acceptors (Lipinski definition) is 5. The molecular formula is C18H15F3N2O3. The lowest BCUT2D eigenvalue weighted by atomic mass is 9.84. The Morgan fingerprint density at radius 3 is 2.38 bits per heavy atom. The molecule has 0 amide bonds. The van der Waals surface area contributed by atoms with Crippen molar-refractivity contribution in [2.24, 2.45) is 4.99 Å². The predicted octanol–water partition coefficient (Wildman–Crippen LogP) is 4.09. The lowest BCUT2D eigenvalue weighted by molar-refractivity contribution is 0.409. The molecule has 0 spiro atoms. The van der Waals surface area contributed by atoms with Gasteiger partial charge in [0.25, 0.3) is 0 Å². The fourth-order valence-corrected chi connectivity index (χ4v) is 2.51. The van der Waals surface area contributed by atoms with Crippen LogP contribution in [0.3, 0.4) is 0 Å². The molecule has 136 valence electrons. The largest absolute Gasteiger partial charge is 0.508 e. The third-order valence-electron chi connectivity index (χ3n) is 3.75. The maximum atomic E-state index is 13.7. The molecule has 1 aromatic heterocycles. The molecule has 26 heavy (non-hydrogen) atoms. The second-order valence-electron chi connectivity index (χ2n) is 5.37. The molecule has 0 radical (unpaired) electrons. The number of aliphatic hydroxyl groups excluding tert-OH is 1. The van der Waals surface area contributed by atoms with E-state index in [4.69, 9.17) is 0 Å². The molecule has 5 nitrogen and oxygen atoms in total. The van der Waals surface area contributed by atoms with Gasteiger partial charge in [-0.3, -0.25) is 4.99 Å². The minimum atomic E-state index is -1.66. The van der Waals surface area contributed by atoms with E-state index in [9.17, 15) is 28.5 Å². The summed E-state index contributed by atoms with van der Waals surface area (Å²) in [6, 6.07) is 2.58. The fourth-order valence-electron chi connectivity index (χ4n) is 2.51. The molecule has 1 unspecified atom stereocenters. The summed E-state index contributed by atoms with van der Waals surface area (Å²) in [4.78, 5) is 7.07. The van der Waals surface area contributed by atoms with Gasteiger partial charge in [-0.25, -0.2) is 18.2 Å². The third kappa shape index (κ3) is 3.69. The van der Waals surface area contributed by atoms with Gasteiger partial charge in [0.15, 0.2) is 17.5 Å². The van der Waals surface area contributed by atoms with Gasteiger partial charge in [0.1, 0.15) is 11.5 Å². The van der Waals surface area contributed by atoms with Crippen molar-refractivity contribution in [2.75, 3.05) is 0 Å². The van der Waals surface area contributed by atoms with Crippen LogP contribution in [0.5, 0.6) is 11.6 Å². The van der Waals surface area contributed by atoms with Crippen molar-refractivity contribution in [3.8, 4) is 11.6 Å². The number of allylic oxidation sites excluding steroid dienone is 2. The van der Waals surface area contributed by atoms with Crippen LogP contribution < -0.4 is 0 Å². The Labute approximate surface area is 147 Å². The summed E-state index contributed by atoms with van der Waals surface area (Å²) in [5, 5.41) is 30.3. The van der Waals surface area contributed by atoms with Crippen molar-refractivity contribution in [3.63, 3.8) is 0 Å². The minimum absolute atomic E-state index is 0.0916. The summed E-state index contributed by atoms with van der Waals surface area (Å²) in [7, 11) is 0. The smallest absolute Gasteiger partial charge is 0.218 e. The second kappa shape index (κ2) is 7.73. The van der Waals surface area contributed by atoms with Crippen LogP contribution in [0.25, 0.3) is 0 Å². The molecule has 0 saturated carbocycles. The molecule has 3 N–H and O–H groups in total. The molecule has 0 saturated heterocycles. The summed E-state index contributed by atoms with van der Waals surface area (Å²) in [5.41, 5.74) is -0.264. The molecule has 1 heterocycles. The molecule has 1 atom stereocenters. The number of hydrogen-bond donors (Lipinski definition) is 3. The Kier molecular flexibility index (Phi) is 5.66. The lowest BCUT2D eigenvalue weighted by Crippen LogP contribution is -2.08. The van der Waals surface area contributed by atoms with Crippen LogP contribution in [-0.4, -0.2) is 27.0 Å². The molecule has 8 heteroatoms. The summed E-state index contributed by atoms with van der Waals surface area (Å²) < 4.78 is 40.7. The average Bonchev–Trinajstić information content (AvgIpc) is 2.59. The number of rotatable bonds is 5. The Balaban J connectivity index is 2.79. The van der Waals surface area contributed by atoms with Crippen molar-refractivity contribution in [3.05, 3.63) is 76.6 Å². The summed E-state index contributed by atoms with van der Waals surface area (Å²) in [5.74, 6) is -7.18. The molecular weight excluding hydrogens is 349 g/mol. The number of aliphatic imine (C=N–C) groups is 1. The Morgan fingerprint density at radius 2 is 1.85 bits per heavy atom. The molecule has 0 aliphatic carbocycles. The van der Waals surface area contributed by atoms with Crippen LogP contribution in [-0.2, 0) is 0 Å². The van der Waals surface area contributed by atoms with E-state index in [0.717, 1.165) is 18.3 Å². The quantitative estimate of drug-likeness (QED) is 0.323. The Hall–Kier alpha value is -3.29. The maximum absolute atomic E-state index is 13.7. The topological polar surface area (TPSA) is 85.9 Å². The van der Waals surface area contributed by atoms with Gasteiger partial charge >= 0.3 is 0 Å².